The quantitative estimate of drug-likeness (QED) is 0.509. The highest BCUT2D eigenvalue weighted by atomic mass is 16.5. The first-order chi connectivity index (χ1) is 14.3. The smallest absolute Gasteiger partial charge is 0.305 e. The molecule has 0 atom stereocenters. The molecular weight excluding hydrogens is 384 g/mol. The van der Waals surface area contributed by atoms with Gasteiger partial charge in [-0.2, -0.15) is 0 Å². The maximum Gasteiger partial charge on any atom is 0.305 e. The Kier molecular flexibility index (Phi) is 6.40. The van der Waals surface area contributed by atoms with Crippen molar-refractivity contribution in [2.45, 2.75) is 39.0 Å². The topological polar surface area (TPSA) is 93.7 Å². The van der Waals surface area contributed by atoms with Gasteiger partial charge in [0.05, 0.1) is 18.6 Å². The van der Waals surface area contributed by atoms with E-state index in [9.17, 15) is 14.4 Å². The molecule has 0 spiro atoms. The van der Waals surface area contributed by atoms with Crippen LogP contribution in [0.2, 0.25) is 0 Å². The number of hydrogen-bond acceptors (Lipinski definition) is 5. The zero-order chi connectivity index (χ0) is 21.7. The SMILES string of the molecule is CCOC(=O)CCCOc1ccc(NC(=O)c2ccc3c(c2)NC(=O)C3(C)C)cc1. The summed E-state index contributed by atoms with van der Waals surface area (Å²) in [5.74, 6) is 0.0842. The van der Waals surface area contributed by atoms with Gasteiger partial charge in [0.15, 0.2) is 0 Å². The van der Waals surface area contributed by atoms with E-state index < -0.39 is 5.41 Å². The van der Waals surface area contributed by atoms with Crippen molar-refractivity contribution in [1.82, 2.24) is 0 Å². The van der Waals surface area contributed by atoms with Crippen LogP contribution in [0.4, 0.5) is 11.4 Å². The summed E-state index contributed by atoms with van der Waals surface area (Å²) in [6.07, 6.45) is 0.892. The van der Waals surface area contributed by atoms with Gasteiger partial charge in [-0.15, -0.1) is 0 Å². The van der Waals surface area contributed by atoms with Crippen molar-refractivity contribution in [3.63, 3.8) is 0 Å². The molecule has 7 heteroatoms. The molecule has 158 valence electrons. The second kappa shape index (κ2) is 8.98. The predicted octanol–water partition coefficient (Wildman–Crippen LogP) is 3.89. The average Bonchev–Trinajstić information content (AvgIpc) is 2.94. The molecule has 2 N–H and O–H groups in total. The molecular formula is C23H26N2O5. The Balaban J connectivity index is 1.53. The van der Waals surface area contributed by atoms with Gasteiger partial charge in [0.1, 0.15) is 5.75 Å². The lowest BCUT2D eigenvalue weighted by molar-refractivity contribution is -0.143. The summed E-state index contributed by atoms with van der Waals surface area (Å²) >= 11 is 0. The third-order valence-electron chi connectivity index (χ3n) is 4.98. The van der Waals surface area contributed by atoms with Crippen LogP contribution in [0.5, 0.6) is 5.75 Å². The van der Waals surface area contributed by atoms with Crippen molar-refractivity contribution in [3.8, 4) is 5.75 Å². The number of carbonyl (C=O) groups is 3. The Morgan fingerprint density at radius 2 is 1.83 bits per heavy atom. The van der Waals surface area contributed by atoms with Crippen LogP contribution in [0.3, 0.4) is 0 Å². The van der Waals surface area contributed by atoms with Crippen molar-refractivity contribution in [3.05, 3.63) is 53.6 Å². The fourth-order valence-electron chi connectivity index (χ4n) is 3.21. The van der Waals surface area contributed by atoms with Gasteiger partial charge in [-0.05, 0) is 69.2 Å². The fourth-order valence-corrected chi connectivity index (χ4v) is 3.21. The van der Waals surface area contributed by atoms with Gasteiger partial charge in [-0.25, -0.2) is 0 Å². The van der Waals surface area contributed by atoms with Crippen LogP contribution in [0, 0.1) is 0 Å². The number of rotatable bonds is 8. The molecule has 0 fully saturated rings. The molecule has 30 heavy (non-hydrogen) atoms. The van der Waals surface area contributed by atoms with Crippen LogP contribution >= 0.6 is 0 Å². The molecule has 0 radical (unpaired) electrons. The Morgan fingerprint density at radius 3 is 2.53 bits per heavy atom. The molecule has 0 bridgehead atoms. The number of carbonyl (C=O) groups excluding carboxylic acids is 3. The van der Waals surface area contributed by atoms with E-state index in [1.165, 1.54) is 0 Å². The average molecular weight is 410 g/mol. The maximum absolute atomic E-state index is 12.6. The van der Waals surface area contributed by atoms with E-state index in [1.54, 1.807) is 43.3 Å². The summed E-state index contributed by atoms with van der Waals surface area (Å²) in [6.45, 7) is 6.27. The van der Waals surface area contributed by atoms with Crippen molar-refractivity contribution >= 4 is 29.2 Å². The molecule has 3 rings (SSSR count). The standard InChI is InChI=1S/C23H26N2O5/c1-4-29-20(26)6-5-13-30-17-10-8-16(9-11-17)24-21(27)15-7-12-18-19(14-15)25-22(28)23(18,2)3/h7-12,14H,4-6,13H2,1-3H3,(H,24,27)(H,25,28). The van der Waals surface area contributed by atoms with Gasteiger partial charge in [0, 0.05) is 23.4 Å². The molecule has 2 aromatic rings. The van der Waals surface area contributed by atoms with E-state index in [0.29, 0.717) is 48.7 Å². The fraction of sp³-hybridized carbons (Fsp3) is 0.348. The third-order valence-corrected chi connectivity index (χ3v) is 4.98. The summed E-state index contributed by atoms with van der Waals surface area (Å²) in [5.41, 5.74) is 2.05. The van der Waals surface area contributed by atoms with E-state index in [-0.39, 0.29) is 17.8 Å². The Hall–Kier alpha value is -3.35. The molecule has 2 aromatic carbocycles. The van der Waals surface area contributed by atoms with Gasteiger partial charge in [-0.1, -0.05) is 6.07 Å². The van der Waals surface area contributed by atoms with Gasteiger partial charge in [-0.3, -0.25) is 14.4 Å². The lowest BCUT2D eigenvalue weighted by Gasteiger charge is -2.15. The first-order valence-corrected chi connectivity index (χ1v) is 9.97. The van der Waals surface area contributed by atoms with Crippen LogP contribution in [-0.4, -0.2) is 31.0 Å². The van der Waals surface area contributed by atoms with Crippen LogP contribution in [-0.2, 0) is 19.7 Å². The number of benzene rings is 2. The van der Waals surface area contributed by atoms with E-state index in [2.05, 4.69) is 10.6 Å². The Morgan fingerprint density at radius 1 is 1.10 bits per heavy atom. The van der Waals surface area contributed by atoms with Gasteiger partial charge in [0.25, 0.3) is 5.91 Å². The van der Waals surface area contributed by atoms with Crippen molar-refractivity contribution in [2.75, 3.05) is 23.8 Å². The molecule has 2 amide bonds. The van der Waals surface area contributed by atoms with Crippen LogP contribution in [0.25, 0.3) is 0 Å². The Bertz CT molecular complexity index is 951. The highest BCUT2D eigenvalue weighted by Gasteiger charge is 2.38. The first kappa shape index (κ1) is 21.4. The number of nitrogens with one attached hydrogen (secondary N) is 2. The van der Waals surface area contributed by atoms with Crippen molar-refractivity contribution in [1.29, 1.82) is 0 Å². The molecule has 1 heterocycles. The van der Waals surface area contributed by atoms with Gasteiger partial charge < -0.3 is 20.1 Å². The molecule has 1 aliphatic heterocycles. The minimum atomic E-state index is -0.601. The maximum atomic E-state index is 12.6. The van der Waals surface area contributed by atoms with Gasteiger partial charge >= 0.3 is 5.97 Å². The first-order valence-electron chi connectivity index (χ1n) is 9.97. The van der Waals surface area contributed by atoms with Gasteiger partial charge in [0.2, 0.25) is 5.91 Å². The lowest BCUT2D eigenvalue weighted by Crippen LogP contribution is -2.26. The zero-order valence-electron chi connectivity index (χ0n) is 17.4. The van der Waals surface area contributed by atoms with E-state index >= 15 is 0 Å². The van der Waals surface area contributed by atoms with Crippen molar-refractivity contribution < 1.29 is 23.9 Å². The van der Waals surface area contributed by atoms with Crippen LogP contribution in [0.15, 0.2) is 42.5 Å². The summed E-state index contributed by atoms with van der Waals surface area (Å²) in [6, 6.07) is 12.2. The van der Waals surface area contributed by atoms with E-state index in [4.69, 9.17) is 9.47 Å². The summed E-state index contributed by atoms with van der Waals surface area (Å²) in [7, 11) is 0. The molecule has 0 unspecified atom stereocenters. The molecule has 7 nitrogen and oxygen atoms in total. The minimum absolute atomic E-state index is 0.0760. The number of amides is 2. The number of anilines is 2. The highest BCUT2D eigenvalue weighted by molar-refractivity contribution is 6.09. The number of hydrogen-bond donors (Lipinski definition) is 2. The summed E-state index contributed by atoms with van der Waals surface area (Å²) in [5, 5.41) is 5.66. The molecule has 1 aliphatic rings. The minimum Gasteiger partial charge on any atom is -0.494 e. The summed E-state index contributed by atoms with van der Waals surface area (Å²) in [4.78, 5) is 35.9. The Labute approximate surface area is 175 Å². The second-order valence-electron chi connectivity index (χ2n) is 7.58. The van der Waals surface area contributed by atoms with E-state index in [1.807, 2.05) is 19.9 Å². The van der Waals surface area contributed by atoms with Crippen molar-refractivity contribution in [2.24, 2.45) is 0 Å². The molecule has 0 aliphatic carbocycles. The lowest BCUT2D eigenvalue weighted by atomic mass is 9.86. The van der Waals surface area contributed by atoms with Crippen LogP contribution < -0.4 is 15.4 Å². The highest BCUT2D eigenvalue weighted by Crippen LogP contribution is 2.37. The number of esters is 1. The molecule has 0 aromatic heterocycles. The molecule has 0 saturated carbocycles. The third kappa shape index (κ3) is 4.79. The summed E-state index contributed by atoms with van der Waals surface area (Å²) < 4.78 is 10.5. The monoisotopic (exact) mass is 410 g/mol. The number of fused-ring (bicyclic) bond motifs is 1. The van der Waals surface area contributed by atoms with Crippen LogP contribution in [0.1, 0.15) is 49.5 Å². The largest absolute Gasteiger partial charge is 0.494 e. The second-order valence-corrected chi connectivity index (χ2v) is 7.58. The predicted molar refractivity (Wildman–Crippen MR) is 114 cm³/mol. The number of ether oxygens (including phenoxy) is 2. The zero-order valence-corrected chi connectivity index (χ0v) is 17.4. The normalized spacial score (nSPS) is 13.9. The molecule has 0 saturated heterocycles. The van der Waals surface area contributed by atoms with E-state index in [0.717, 1.165) is 5.56 Å².